The Labute approximate surface area is 269 Å². The summed E-state index contributed by atoms with van der Waals surface area (Å²) >= 11 is 0. The first-order chi connectivity index (χ1) is 23.3. The number of hydrogen-bond donors (Lipinski definition) is 0. The number of nitrogens with zero attached hydrogens (tertiary/aromatic N) is 6. The summed E-state index contributed by atoms with van der Waals surface area (Å²) in [5.41, 5.74) is 7.50. The SMILES string of the molecule is c1ccc(-c2nc(-c3ccccc3)nc(-c3cccc4oc5ccc(-c6nc(-c7ccccc7)c7cccnc7n6)cc5c34)n2)cc1. The van der Waals surface area contributed by atoms with Gasteiger partial charge in [0, 0.05) is 50.2 Å². The van der Waals surface area contributed by atoms with Crippen molar-refractivity contribution < 1.29 is 4.42 Å². The number of pyridine rings is 1. The van der Waals surface area contributed by atoms with Gasteiger partial charge in [0.25, 0.3) is 0 Å². The molecule has 0 bridgehead atoms. The molecule has 4 heterocycles. The van der Waals surface area contributed by atoms with Crippen LogP contribution in [0.1, 0.15) is 0 Å². The Kier molecular flexibility index (Phi) is 6.31. The molecule has 0 saturated carbocycles. The molecule has 0 aliphatic rings. The maximum absolute atomic E-state index is 6.37. The zero-order chi connectivity index (χ0) is 31.2. The van der Waals surface area contributed by atoms with E-state index < -0.39 is 0 Å². The van der Waals surface area contributed by atoms with Gasteiger partial charge in [0.15, 0.2) is 28.9 Å². The lowest BCUT2D eigenvalue weighted by atomic mass is 10.0. The molecule has 47 heavy (non-hydrogen) atoms. The van der Waals surface area contributed by atoms with Crippen molar-refractivity contribution >= 4 is 33.0 Å². The zero-order valence-corrected chi connectivity index (χ0v) is 24.9. The molecule has 0 fully saturated rings. The predicted octanol–water partition coefficient (Wildman–Crippen LogP) is 9.44. The van der Waals surface area contributed by atoms with Crippen LogP contribution in [0.15, 0.2) is 150 Å². The Morgan fingerprint density at radius 2 is 1.04 bits per heavy atom. The average Bonchev–Trinajstić information content (AvgIpc) is 3.53. The van der Waals surface area contributed by atoms with E-state index in [0.717, 1.165) is 60.8 Å². The standard InChI is InChI=1S/C40H24N6O/c1-4-12-25(13-5-1)35-30-19-11-23-41-39(30)44-38(42-35)28-21-22-32-31(24-28)34-29(18-10-20-33(34)47-32)40-45-36(26-14-6-2-7-15-26)43-37(46-40)27-16-8-3-9-17-27/h1-24H. The lowest BCUT2D eigenvalue weighted by molar-refractivity contribution is 0.669. The summed E-state index contributed by atoms with van der Waals surface area (Å²) < 4.78 is 6.37. The molecule has 7 nitrogen and oxygen atoms in total. The van der Waals surface area contributed by atoms with Crippen molar-refractivity contribution in [3.05, 3.63) is 146 Å². The van der Waals surface area contributed by atoms with Gasteiger partial charge in [0.1, 0.15) is 11.2 Å². The van der Waals surface area contributed by atoms with Gasteiger partial charge in [0.2, 0.25) is 0 Å². The van der Waals surface area contributed by atoms with Crippen molar-refractivity contribution in [1.29, 1.82) is 0 Å². The van der Waals surface area contributed by atoms with Crippen molar-refractivity contribution in [1.82, 2.24) is 29.9 Å². The van der Waals surface area contributed by atoms with Gasteiger partial charge in [-0.25, -0.2) is 29.9 Å². The second kappa shape index (κ2) is 11.1. The van der Waals surface area contributed by atoms with E-state index in [1.807, 2.05) is 121 Å². The number of fused-ring (bicyclic) bond motifs is 4. The van der Waals surface area contributed by atoms with Crippen LogP contribution in [0.5, 0.6) is 0 Å². The van der Waals surface area contributed by atoms with E-state index in [2.05, 4.69) is 23.2 Å². The van der Waals surface area contributed by atoms with Crippen LogP contribution in [0, 0.1) is 0 Å². The normalized spacial score (nSPS) is 11.4. The number of hydrogen-bond acceptors (Lipinski definition) is 7. The fraction of sp³-hybridized carbons (Fsp3) is 0. The van der Waals surface area contributed by atoms with Gasteiger partial charge in [-0.3, -0.25) is 0 Å². The molecule has 220 valence electrons. The third kappa shape index (κ3) is 4.78. The predicted molar refractivity (Wildman–Crippen MR) is 185 cm³/mol. The lowest BCUT2D eigenvalue weighted by Crippen LogP contribution is -2.00. The fourth-order valence-electron chi connectivity index (χ4n) is 5.99. The summed E-state index contributed by atoms with van der Waals surface area (Å²) in [7, 11) is 0. The molecule has 5 aromatic carbocycles. The molecule has 0 aliphatic carbocycles. The minimum atomic E-state index is 0.564. The topological polar surface area (TPSA) is 90.5 Å². The second-order valence-corrected chi connectivity index (χ2v) is 11.2. The van der Waals surface area contributed by atoms with Crippen LogP contribution in [0.2, 0.25) is 0 Å². The van der Waals surface area contributed by atoms with Crippen LogP contribution in [0.4, 0.5) is 0 Å². The third-order valence-corrected chi connectivity index (χ3v) is 8.21. The average molecular weight is 605 g/mol. The highest BCUT2D eigenvalue weighted by atomic mass is 16.3. The van der Waals surface area contributed by atoms with E-state index in [4.69, 9.17) is 29.3 Å². The Morgan fingerprint density at radius 3 is 1.74 bits per heavy atom. The van der Waals surface area contributed by atoms with Crippen LogP contribution < -0.4 is 0 Å². The molecule has 9 rings (SSSR count). The van der Waals surface area contributed by atoms with Crippen LogP contribution in [-0.2, 0) is 0 Å². The molecule has 0 spiro atoms. The Hall–Kier alpha value is -6.60. The maximum atomic E-state index is 6.37. The van der Waals surface area contributed by atoms with Gasteiger partial charge in [-0.15, -0.1) is 0 Å². The number of rotatable bonds is 5. The van der Waals surface area contributed by atoms with Crippen LogP contribution in [-0.4, -0.2) is 29.9 Å². The highest BCUT2D eigenvalue weighted by molar-refractivity contribution is 6.12. The van der Waals surface area contributed by atoms with Gasteiger partial charge in [-0.05, 0) is 36.4 Å². The first-order valence-corrected chi connectivity index (χ1v) is 15.3. The highest BCUT2D eigenvalue weighted by Crippen LogP contribution is 2.38. The molecule has 0 atom stereocenters. The highest BCUT2D eigenvalue weighted by Gasteiger charge is 2.19. The summed E-state index contributed by atoms with van der Waals surface area (Å²) in [5.74, 6) is 2.35. The summed E-state index contributed by atoms with van der Waals surface area (Å²) in [6.45, 7) is 0. The van der Waals surface area contributed by atoms with Gasteiger partial charge in [-0.2, -0.15) is 0 Å². The largest absolute Gasteiger partial charge is 0.456 e. The van der Waals surface area contributed by atoms with Crippen molar-refractivity contribution in [2.24, 2.45) is 0 Å². The monoisotopic (exact) mass is 604 g/mol. The number of benzene rings is 5. The van der Waals surface area contributed by atoms with Crippen molar-refractivity contribution in [3.63, 3.8) is 0 Å². The third-order valence-electron chi connectivity index (χ3n) is 8.21. The molecule has 0 N–H and O–H groups in total. The Balaban J connectivity index is 1.26. The van der Waals surface area contributed by atoms with Crippen molar-refractivity contribution in [3.8, 4) is 56.8 Å². The molecule has 0 unspecified atom stereocenters. The summed E-state index contributed by atoms with van der Waals surface area (Å²) in [5, 5.41) is 2.73. The summed E-state index contributed by atoms with van der Waals surface area (Å²) in [6, 6.07) is 46.0. The maximum Gasteiger partial charge on any atom is 0.164 e. The Bertz CT molecular complexity index is 2510. The van der Waals surface area contributed by atoms with E-state index in [1.165, 1.54) is 0 Å². The van der Waals surface area contributed by atoms with Crippen molar-refractivity contribution in [2.75, 3.05) is 0 Å². The van der Waals surface area contributed by atoms with E-state index >= 15 is 0 Å². The molecular formula is C40H24N6O. The first-order valence-electron chi connectivity index (χ1n) is 15.3. The minimum Gasteiger partial charge on any atom is -0.456 e. The van der Waals surface area contributed by atoms with E-state index in [9.17, 15) is 0 Å². The van der Waals surface area contributed by atoms with Crippen LogP contribution >= 0.6 is 0 Å². The van der Waals surface area contributed by atoms with Crippen LogP contribution in [0.25, 0.3) is 89.8 Å². The molecule has 0 amide bonds. The zero-order valence-electron chi connectivity index (χ0n) is 24.9. The molecule has 7 heteroatoms. The lowest BCUT2D eigenvalue weighted by Gasteiger charge is -2.10. The fourth-order valence-corrected chi connectivity index (χ4v) is 5.99. The quantitative estimate of drug-likeness (QED) is 0.193. The van der Waals surface area contributed by atoms with E-state index in [1.54, 1.807) is 6.20 Å². The molecule has 0 aliphatic heterocycles. The van der Waals surface area contributed by atoms with Crippen LogP contribution in [0.3, 0.4) is 0 Å². The Morgan fingerprint density at radius 1 is 0.404 bits per heavy atom. The van der Waals surface area contributed by atoms with E-state index in [0.29, 0.717) is 28.9 Å². The number of aromatic nitrogens is 6. The first kappa shape index (κ1) is 26.8. The van der Waals surface area contributed by atoms with Crippen molar-refractivity contribution in [2.45, 2.75) is 0 Å². The molecule has 0 radical (unpaired) electrons. The molecule has 4 aromatic heterocycles. The van der Waals surface area contributed by atoms with Gasteiger partial charge in [0.05, 0.1) is 5.69 Å². The minimum absolute atomic E-state index is 0.564. The molecule has 0 saturated heterocycles. The smallest absolute Gasteiger partial charge is 0.164 e. The molecule has 9 aromatic rings. The summed E-state index contributed by atoms with van der Waals surface area (Å²) in [6.07, 6.45) is 1.76. The molecular weight excluding hydrogens is 580 g/mol. The summed E-state index contributed by atoms with van der Waals surface area (Å²) in [4.78, 5) is 29.4. The van der Waals surface area contributed by atoms with Gasteiger partial charge >= 0.3 is 0 Å². The number of furan rings is 1. The van der Waals surface area contributed by atoms with E-state index in [-0.39, 0.29) is 0 Å². The van der Waals surface area contributed by atoms with Gasteiger partial charge < -0.3 is 4.42 Å². The second-order valence-electron chi connectivity index (χ2n) is 11.2. The van der Waals surface area contributed by atoms with Gasteiger partial charge in [-0.1, -0.05) is 103 Å².